The number of aliphatic hydroxyl groups excluding tert-OH is 1. The topological polar surface area (TPSA) is 37.3 Å². The van der Waals surface area contributed by atoms with Gasteiger partial charge in [-0.25, -0.2) is 0 Å². The summed E-state index contributed by atoms with van der Waals surface area (Å²) in [6.07, 6.45) is 2.17. The van der Waals surface area contributed by atoms with Crippen molar-refractivity contribution in [3.05, 3.63) is 0 Å². The predicted molar refractivity (Wildman–Crippen MR) is 41.9 cm³/mol. The Kier molecular flexibility index (Phi) is 2.36. The molecule has 1 aliphatic rings. The predicted octanol–water partition coefficient (Wildman–Crippen LogP) is 1.04. The fourth-order valence-corrected chi connectivity index (χ4v) is 1.67. The fraction of sp³-hybridized carbons (Fsp3) is 0.857. The third-order valence-electron chi connectivity index (χ3n) is 1.87. The van der Waals surface area contributed by atoms with Gasteiger partial charge in [-0.1, -0.05) is 11.8 Å². The van der Waals surface area contributed by atoms with E-state index in [1.54, 1.807) is 6.92 Å². The molecule has 0 aliphatic heterocycles. The Balaban J connectivity index is 2.19. The van der Waals surface area contributed by atoms with E-state index in [1.165, 1.54) is 11.8 Å². The van der Waals surface area contributed by atoms with Gasteiger partial charge in [0.05, 0.1) is 0 Å². The van der Waals surface area contributed by atoms with Crippen molar-refractivity contribution in [1.82, 2.24) is 0 Å². The Morgan fingerprint density at radius 1 is 1.70 bits per heavy atom. The highest BCUT2D eigenvalue weighted by Gasteiger charge is 2.41. The molecular weight excluding hydrogens is 148 g/mol. The van der Waals surface area contributed by atoms with Gasteiger partial charge in [-0.3, -0.25) is 4.79 Å². The molecule has 1 rings (SSSR count). The van der Waals surface area contributed by atoms with E-state index in [4.69, 9.17) is 5.11 Å². The maximum absolute atomic E-state index is 10.5. The van der Waals surface area contributed by atoms with Gasteiger partial charge in [0.1, 0.15) is 0 Å². The highest BCUT2D eigenvalue weighted by atomic mass is 32.2. The molecule has 1 N–H and O–H groups in total. The zero-order valence-corrected chi connectivity index (χ0v) is 6.91. The Hall–Kier alpha value is -0.0200. The molecule has 1 fully saturated rings. The lowest BCUT2D eigenvalue weighted by atomic mass is 10.2. The number of aliphatic hydroxyl groups is 1. The first-order valence-corrected chi connectivity index (χ1v) is 4.41. The van der Waals surface area contributed by atoms with Crippen molar-refractivity contribution in [2.24, 2.45) is 5.41 Å². The number of carbonyl (C=O) groups is 1. The van der Waals surface area contributed by atoms with E-state index >= 15 is 0 Å². The summed E-state index contributed by atoms with van der Waals surface area (Å²) in [5, 5.41) is 9.00. The standard InChI is InChI=1S/C7H12O2S/c1-6(9)10-5-7(4-8)2-3-7/h8H,2-5H2,1H3. The molecular formula is C7H12O2S. The van der Waals surface area contributed by atoms with Crippen LogP contribution >= 0.6 is 11.8 Å². The summed E-state index contributed by atoms with van der Waals surface area (Å²) in [6.45, 7) is 1.81. The van der Waals surface area contributed by atoms with Crippen molar-refractivity contribution in [3.63, 3.8) is 0 Å². The van der Waals surface area contributed by atoms with Crippen molar-refractivity contribution in [2.75, 3.05) is 12.4 Å². The minimum atomic E-state index is 0.121. The second-order valence-corrected chi connectivity index (χ2v) is 4.09. The van der Waals surface area contributed by atoms with Gasteiger partial charge in [0.25, 0.3) is 0 Å². The highest BCUT2D eigenvalue weighted by molar-refractivity contribution is 8.13. The van der Waals surface area contributed by atoms with Gasteiger partial charge in [-0.15, -0.1) is 0 Å². The van der Waals surface area contributed by atoms with Crippen LogP contribution in [-0.2, 0) is 4.79 Å². The van der Waals surface area contributed by atoms with Crippen LogP contribution in [0.25, 0.3) is 0 Å². The van der Waals surface area contributed by atoms with Crippen LogP contribution in [0.4, 0.5) is 0 Å². The molecule has 10 heavy (non-hydrogen) atoms. The molecule has 0 unspecified atom stereocenters. The first-order valence-electron chi connectivity index (χ1n) is 3.43. The molecule has 0 atom stereocenters. The van der Waals surface area contributed by atoms with Gasteiger partial charge < -0.3 is 5.11 Å². The summed E-state index contributed by atoms with van der Waals surface area (Å²) in [4.78, 5) is 10.5. The lowest BCUT2D eigenvalue weighted by molar-refractivity contribution is -0.109. The van der Waals surface area contributed by atoms with Gasteiger partial charge in [0.15, 0.2) is 5.12 Å². The van der Waals surface area contributed by atoms with Crippen LogP contribution in [0.1, 0.15) is 19.8 Å². The zero-order valence-electron chi connectivity index (χ0n) is 6.09. The summed E-state index contributed by atoms with van der Waals surface area (Å²) in [6, 6.07) is 0. The first-order chi connectivity index (χ1) is 4.68. The lowest BCUT2D eigenvalue weighted by Gasteiger charge is -2.07. The van der Waals surface area contributed by atoms with Crippen molar-refractivity contribution in [2.45, 2.75) is 19.8 Å². The monoisotopic (exact) mass is 160 g/mol. The molecule has 0 radical (unpaired) electrons. The van der Waals surface area contributed by atoms with E-state index in [9.17, 15) is 4.79 Å². The number of hydrogen-bond acceptors (Lipinski definition) is 3. The zero-order chi connectivity index (χ0) is 7.61. The summed E-state index contributed by atoms with van der Waals surface area (Å²) < 4.78 is 0. The SMILES string of the molecule is CC(=O)SCC1(CO)CC1. The lowest BCUT2D eigenvalue weighted by Crippen LogP contribution is -2.10. The van der Waals surface area contributed by atoms with Gasteiger partial charge in [0.2, 0.25) is 0 Å². The number of rotatable bonds is 3. The van der Waals surface area contributed by atoms with E-state index in [1.807, 2.05) is 0 Å². The maximum Gasteiger partial charge on any atom is 0.185 e. The third-order valence-corrected chi connectivity index (χ3v) is 3.04. The van der Waals surface area contributed by atoms with E-state index in [-0.39, 0.29) is 17.1 Å². The van der Waals surface area contributed by atoms with Crippen LogP contribution in [0.5, 0.6) is 0 Å². The molecule has 1 aliphatic carbocycles. The summed E-state index contributed by atoms with van der Waals surface area (Å²) in [5.74, 6) is 0.804. The molecule has 0 aromatic heterocycles. The second-order valence-electron chi connectivity index (χ2n) is 2.94. The Morgan fingerprint density at radius 2 is 2.30 bits per heavy atom. The van der Waals surface area contributed by atoms with Crippen LogP contribution in [0.15, 0.2) is 0 Å². The Bertz CT molecular complexity index is 141. The molecule has 3 heteroatoms. The number of carbonyl (C=O) groups excluding carboxylic acids is 1. The van der Waals surface area contributed by atoms with Gasteiger partial charge in [0, 0.05) is 24.7 Å². The molecule has 0 amide bonds. The molecule has 1 saturated carbocycles. The quantitative estimate of drug-likeness (QED) is 0.670. The third kappa shape index (κ3) is 1.99. The van der Waals surface area contributed by atoms with Crippen LogP contribution in [0.3, 0.4) is 0 Å². The smallest absolute Gasteiger partial charge is 0.185 e. The first kappa shape index (κ1) is 8.08. The van der Waals surface area contributed by atoms with Crippen LogP contribution in [0, 0.1) is 5.41 Å². The molecule has 0 aromatic rings. The number of hydrogen-bond donors (Lipinski definition) is 1. The summed E-state index contributed by atoms with van der Waals surface area (Å²) in [7, 11) is 0. The Labute approximate surface area is 65.0 Å². The van der Waals surface area contributed by atoms with E-state index in [0.29, 0.717) is 0 Å². The molecule has 0 spiro atoms. The Morgan fingerprint density at radius 3 is 2.60 bits per heavy atom. The van der Waals surface area contributed by atoms with Crippen molar-refractivity contribution < 1.29 is 9.90 Å². The average molecular weight is 160 g/mol. The summed E-state index contributed by atoms with van der Waals surface area (Å²) >= 11 is 1.33. The maximum atomic E-state index is 10.5. The van der Waals surface area contributed by atoms with Gasteiger partial charge in [-0.05, 0) is 12.8 Å². The van der Waals surface area contributed by atoms with Crippen LogP contribution in [0.2, 0.25) is 0 Å². The summed E-state index contributed by atoms with van der Waals surface area (Å²) in [5.41, 5.74) is 0.121. The molecule has 58 valence electrons. The van der Waals surface area contributed by atoms with Gasteiger partial charge >= 0.3 is 0 Å². The fourth-order valence-electron chi connectivity index (χ4n) is 0.780. The van der Waals surface area contributed by atoms with Gasteiger partial charge in [-0.2, -0.15) is 0 Å². The average Bonchev–Trinajstić information content (AvgIpc) is 2.64. The highest BCUT2D eigenvalue weighted by Crippen LogP contribution is 2.47. The van der Waals surface area contributed by atoms with Crippen molar-refractivity contribution >= 4 is 16.9 Å². The molecule has 0 aromatic carbocycles. The minimum Gasteiger partial charge on any atom is -0.396 e. The van der Waals surface area contributed by atoms with Crippen molar-refractivity contribution in [3.8, 4) is 0 Å². The molecule has 0 heterocycles. The molecule has 0 bridgehead atoms. The number of thioether (sulfide) groups is 1. The normalized spacial score (nSPS) is 20.6. The van der Waals surface area contributed by atoms with Crippen molar-refractivity contribution in [1.29, 1.82) is 0 Å². The van der Waals surface area contributed by atoms with E-state index in [2.05, 4.69) is 0 Å². The largest absolute Gasteiger partial charge is 0.396 e. The van der Waals surface area contributed by atoms with Crippen LogP contribution < -0.4 is 0 Å². The molecule has 2 nitrogen and oxygen atoms in total. The minimum absolute atomic E-state index is 0.121. The van der Waals surface area contributed by atoms with E-state index in [0.717, 1.165) is 18.6 Å². The molecule has 0 saturated heterocycles. The second kappa shape index (κ2) is 2.93. The van der Waals surface area contributed by atoms with E-state index < -0.39 is 0 Å². The van der Waals surface area contributed by atoms with Crippen LogP contribution in [-0.4, -0.2) is 22.6 Å².